The topological polar surface area (TPSA) is 212 Å². The van der Waals surface area contributed by atoms with E-state index in [1.807, 2.05) is 6.92 Å². The minimum Gasteiger partial charge on any atom is -0.507 e. The highest BCUT2D eigenvalue weighted by Gasteiger charge is 2.50. The number of fused-ring (bicyclic) bond motifs is 1. The number of aromatic nitrogens is 1. The number of phenolic OH excluding ortho intramolecular Hbond substituents is 2. The molecule has 5 rings (SSSR count). The third kappa shape index (κ3) is 7.67. The van der Waals surface area contributed by atoms with Gasteiger partial charge in [-0.1, -0.05) is 45.9 Å². The van der Waals surface area contributed by atoms with Crippen LogP contribution in [0.5, 0.6) is 17.2 Å². The number of methoxy groups -OCH3 is 2. The standard InChI is InChI=1S/C44H56N2O13/c1-13-46-25(8)28(43(54)56-12)30-33-38(51)31-29(34(30)46)32-40(24(7)37(31)50)59-44(10,41(32)52)57-18-17-27(55-11)21(4)39(58-26(9)47)23(6)36(49)22(5)35(48)19(2)15-14-16-20(3)42(53)45-33/h14-19,21-23,27,35-36,39,48-51H,13H2,1-12H3,(H,45,53)/b15-14-,18-17+,20-16?. The van der Waals surface area contributed by atoms with Gasteiger partial charge in [0.15, 0.2) is 5.75 Å². The summed E-state index contributed by atoms with van der Waals surface area (Å²) in [6.45, 7) is 16.3. The average Bonchev–Trinajstić information content (AvgIpc) is 3.64. The predicted molar refractivity (Wildman–Crippen MR) is 219 cm³/mol. The number of aliphatic hydroxyl groups excluding tert-OH is 2. The number of carbonyl (C=O) groups excluding carboxylic acids is 4. The van der Waals surface area contributed by atoms with Crippen molar-refractivity contribution in [2.75, 3.05) is 19.5 Å². The molecule has 0 saturated heterocycles. The van der Waals surface area contributed by atoms with E-state index in [2.05, 4.69) is 5.32 Å². The summed E-state index contributed by atoms with van der Waals surface area (Å²) in [4.78, 5) is 54.5. The number of aryl methyl sites for hydroxylation is 1. The summed E-state index contributed by atoms with van der Waals surface area (Å²) in [6.07, 6.45) is 3.60. The van der Waals surface area contributed by atoms with Gasteiger partial charge in [0, 0.05) is 78.8 Å². The molecule has 9 unspecified atom stereocenters. The van der Waals surface area contributed by atoms with Crippen LogP contribution >= 0.6 is 0 Å². The minimum atomic E-state index is -2.02. The highest BCUT2D eigenvalue weighted by molar-refractivity contribution is 6.31. The number of Topliss-reactive ketones (excluding diaryl/α,β-unsaturated/α-hetero) is 1. The Morgan fingerprint density at radius 1 is 0.932 bits per heavy atom. The fraction of sp³-hybridized carbons (Fsp3) is 0.500. The number of esters is 2. The highest BCUT2D eigenvalue weighted by Crippen LogP contribution is 2.55. The first-order valence-corrected chi connectivity index (χ1v) is 19.6. The fourth-order valence-electron chi connectivity index (χ4n) is 8.47. The van der Waals surface area contributed by atoms with Gasteiger partial charge < -0.3 is 54.0 Å². The van der Waals surface area contributed by atoms with Crippen LogP contribution in [0.2, 0.25) is 0 Å². The molecule has 3 aromatic rings. The maximum atomic E-state index is 14.7. The number of ketones is 1. The molecule has 0 radical (unpaired) electrons. The lowest BCUT2D eigenvalue weighted by atomic mass is 9.78. The molecule has 0 spiro atoms. The lowest BCUT2D eigenvalue weighted by Crippen LogP contribution is -2.46. The van der Waals surface area contributed by atoms with E-state index in [4.69, 9.17) is 23.7 Å². The summed E-state index contributed by atoms with van der Waals surface area (Å²) >= 11 is 0. The van der Waals surface area contributed by atoms with Gasteiger partial charge in [0.05, 0.1) is 59.4 Å². The Bertz CT molecular complexity index is 2290. The van der Waals surface area contributed by atoms with Crippen LogP contribution in [0.4, 0.5) is 5.69 Å². The first-order valence-electron chi connectivity index (χ1n) is 19.6. The fourth-order valence-corrected chi connectivity index (χ4v) is 8.47. The van der Waals surface area contributed by atoms with E-state index in [0.29, 0.717) is 5.69 Å². The van der Waals surface area contributed by atoms with E-state index in [1.54, 1.807) is 51.3 Å². The van der Waals surface area contributed by atoms with Gasteiger partial charge in [0.25, 0.3) is 11.7 Å². The molecule has 15 nitrogen and oxygen atoms in total. The normalized spacial score (nSPS) is 29.2. The summed E-state index contributed by atoms with van der Waals surface area (Å²) in [5.74, 6) is -8.30. The Balaban J connectivity index is 1.82. The number of nitrogens with zero attached hydrogens (tertiary/aromatic N) is 1. The maximum absolute atomic E-state index is 14.7. The molecule has 2 aliphatic heterocycles. The number of ether oxygens (including phenoxy) is 5. The molecule has 2 aromatic carbocycles. The molecule has 15 heteroatoms. The number of aliphatic hydroxyl groups is 2. The number of rotatable bonds is 4. The number of carbonyl (C=O) groups is 4. The summed E-state index contributed by atoms with van der Waals surface area (Å²) in [7, 11) is 2.64. The Labute approximate surface area is 343 Å². The molecular formula is C44H56N2O13. The SMILES string of the molecule is CCn1c(C)c(C(=O)OC)c2c3c(O)c4c(O)c(C)c5c(c4c21)C(=O)C(C)(O/C=C/C(OC)C(C)C(OC(C)=O)C(C)C(O)C(C)C(O)C(C)/C=C\C=C(C)C(=O)N3)O5. The highest BCUT2D eigenvalue weighted by atomic mass is 16.7. The van der Waals surface area contributed by atoms with Crippen LogP contribution in [0.25, 0.3) is 21.7 Å². The van der Waals surface area contributed by atoms with Gasteiger partial charge in [-0.3, -0.25) is 14.4 Å². The van der Waals surface area contributed by atoms with Gasteiger partial charge in [0.1, 0.15) is 17.6 Å². The van der Waals surface area contributed by atoms with Gasteiger partial charge >= 0.3 is 17.7 Å². The van der Waals surface area contributed by atoms with E-state index in [9.17, 15) is 39.6 Å². The summed E-state index contributed by atoms with van der Waals surface area (Å²) in [5, 5.41) is 49.5. The zero-order chi connectivity index (χ0) is 44.0. The molecule has 1 aromatic heterocycles. The summed E-state index contributed by atoms with van der Waals surface area (Å²) in [5.41, 5.74) is 0.689. The van der Waals surface area contributed by atoms with Gasteiger partial charge in [-0.05, 0) is 33.8 Å². The number of amides is 1. The zero-order valence-corrected chi connectivity index (χ0v) is 35.6. The van der Waals surface area contributed by atoms with Crippen molar-refractivity contribution in [3.63, 3.8) is 0 Å². The van der Waals surface area contributed by atoms with Crippen LogP contribution in [-0.2, 0) is 35.1 Å². The second-order valence-corrected chi connectivity index (χ2v) is 15.8. The second-order valence-electron chi connectivity index (χ2n) is 15.8. The number of phenols is 2. The molecule has 0 saturated carbocycles. The van der Waals surface area contributed by atoms with E-state index >= 15 is 0 Å². The molecule has 1 amide bonds. The lowest BCUT2D eigenvalue weighted by molar-refractivity contribution is -0.160. The molecule has 0 fully saturated rings. The van der Waals surface area contributed by atoms with Gasteiger partial charge in [-0.2, -0.15) is 0 Å². The Morgan fingerprint density at radius 3 is 2.19 bits per heavy atom. The Hall–Kier alpha value is -5.38. The maximum Gasteiger partial charge on any atom is 0.340 e. The van der Waals surface area contributed by atoms with Crippen LogP contribution in [0.3, 0.4) is 0 Å². The van der Waals surface area contributed by atoms with E-state index in [1.165, 1.54) is 60.3 Å². The van der Waals surface area contributed by atoms with Crippen molar-refractivity contribution < 1.29 is 63.3 Å². The molecule has 9 atom stereocenters. The van der Waals surface area contributed by atoms with E-state index in [0.717, 1.165) is 0 Å². The minimum absolute atomic E-state index is 0.0159. The number of aromatic hydroxyl groups is 2. The number of nitrogens with one attached hydrogen (secondary N) is 1. The average molecular weight is 821 g/mol. The van der Waals surface area contributed by atoms with E-state index in [-0.39, 0.29) is 61.9 Å². The molecule has 4 bridgehead atoms. The van der Waals surface area contributed by atoms with Gasteiger partial charge in [0.2, 0.25) is 0 Å². The van der Waals surface area contributed by atoms with Crippen LogP contribution in [0, 0.1) is 37.5 Å². The van der Waals surface area contributed by atoms with Crippen LogP contribution < -0.4 is 10.1 Å². The van der Waals surface area contributed by atoms with Gasteiger partial charge in [-0.25, -0.2) is 4.79 Å². The first kappa shape index (κ1) is 44.7. The predicted octanol–water partition coefficient (Wildman–Crippen LogP) is 6.12. The third-order valence-electron chi connectivity index (χ3n) is 12.0. The Kier molecular flexibility index (Phi) is 12.9. The van der Waals surface area contributed by atoms with Crippen molar-refractivity contribution in [1.82, 2.24) is 4.57 Å². The van der Waals surface area contributed by atoms with Crippen molar-refractivity contribution in [2.24, 2.45) is 23.7 Å². The molecule has 3 heterocycles. The number of benzene rings is 2. The number of allylic oxidation sites excluding steroid dienone is 2. The Morgan fingerprint density at radius 2 is 1.59 bits per heavy atom. The molecule has 2 aliphatic rings. The lowest BCUT2D eigenvalue weighted by Gasteiger charge is -2.38. The number of hydrogen-bond acceptors (Lipinski definition) is 13. The second kappa shape index (κ2) is 17.1. The number of hydrogen-bond donors (Lipinski definition) is 5. The first-order chi connectivity index (χ1) is 27.7. The molecular weight excluding hydrogens is 764 g/mol. The monoisotopic (exact) mass is 820 g/mol. The summed E-state index contributed by atoms with van der Waals surface area (Å²) < 4.78 is 30.7. The van der Waals surface area contributed by atoms with Crippen molar-refractivity contribution in [3.8, 4) is 17.2 Å². The van der Waals surface area contributed by atoms with E-state index < -0.39 is 89.0 Å². The smallest absolute Gasteiger partial charge is 0.340 e. The van der Waals surface area contributed by atoms with Crippen molar-refractivity contribution in [1.29, 1.82) is 0 Å². The largest absolute Gasteiger partial charge is 0.507 e. The van der Waals surface area contributed by atoms with Crippen molar-refractivity contribution >= 4 is 51.0 Å². The van der Waals surface area contributed by atoms with Crippen molar-refractivity contribution in [3.05, 3.63) is 58.5 Å². The quantitative estimate of drug-likeness (QED) is 0.149. The van der Waals surface area contributed by atoms with Crippen LogP contribution in [0.1, 0.15) is 87.4 Å². The van der Waals surface area contributed by atoms with Gasteiger partial charge in [-0.15, -0.1) is 0 Å². The molecule has 59 heavy (non-hydrogen) atoms. The third-order valence-corrected chi connectivity index (χ3v) is 12.0. The summed E-state index contributed by atoms with van der Waals surface area (Å²) in [6, 6.07) is 0. The molecule has 5 N–H and O–H groups in total. The van der Waals surface area contributed by atoms with Crippen LogP contribution in [0.15, 0.2) is 36.1 Å². The number of anilines is 1. The molecule has 320 valence electrons. The van der Waals surface area contributed by atoms with Crippen LogP contribution in [-0.4, -0.2) is 93.0 Å². The zero-order valence-electron chi connectivity index (χ0n) is 35.6. The molecule has 0 aliphatic carbocycles. The van der Waals surface area contributed by atoms with Crippen molar-refractivity contribution in [2.45, 2.75) is 106 Å².